The van der Waals surface area contributed by atoms with Gasteiger partial charge < -0.3 is 4.90 Å². The molecule has 0 unspecified atom stereocenters. The lowest BCUT2D eigenvalue weighted by Crippen LogP contribution is -2.25. The van der Waals surface area contributed by atoms with Crippen molar-refractivity contribution in [2.24, 2.45) is 0 Å². The number of hydrogen-bond acceptors (Lipinski definition) is 1. The van der Waals surface area contributed by atoms with E-state index >= 15 is 0 Å². The van der Waals surface area contributed by atoms with Gasteiger partial charge in [0.25, 0.3) is 0 Å². The Labute approximate surface area is 111 Å². The first-order valence-corrected chi connectivity index (χ1v) is 6.28. The number of benzene rings is 2. The lowest BCUT2D eigenvalue weighted by Gasteiger charge is -2.17. The maximum absolute atomic E-state index is 13.2. The summed E-state index contributed by atoms with van der Waals surface area (Å²) in [5.41, 5.74) is 3.96. The van der Waals surface area contributed by atoms with Gasteiger partial charge in [0.1, 0.15) is 5.82 Å². The van der Waals surface area contributed by atoms with Crippen LogP contribution in [0.4, 0.5) is 10.1 Å². The third-order valence-electron chi connectivity index (χ3n) is 3.40. The highest BCUT2D eigenvalue weighted by Crippen LogP contribution is 2.30. The Bertz CT molecular complexity index is 651. The van der Waals surface area contributed by atoms with E-state index in [0.29, 0.717) is 13.0 Å². The number of nitrogens with zero attached hydrogens (tertiary/aromatic N) is 1. The molecule has 0 saturated carbocycles. The molecule has 0 bridgehead atoms. The zero-order valence-corrected chi connectivity index (χ0v) is 10.7. The van der Waals surface area contributed by atoms with Gasteiger partial charge in [0.05, 0.1) is 13.0 Å². The lowest BCUT2D eigenvalue weighted by atomic mass is 10.1. The Morgan fingerprint density at radius 1 is 1.21 bits per heavy atom. The molecule has 0 aliphatic carbocycles. The van der Waals surface area contributed by atoms with Crippen LogP contribution < -0.4 is 4.90 Å². The van der Waals surface area contributed by atoms with Crippen molar-refractivity contribution in [3.8, 4) is 0 Å². The van der Waals surface area contributed by atoms with Gasteiger partial charge in [-0.25, -0.2) is 4.39 Å². The van der Waals surface area contributed by atoms with Crippen LogP contribution in [0.3, 0.4) is 0 Å². The highest BCUT2D eigenvalue weighted by Gasteiger charge is 2.27. The van der Waals surface area contributed by atoms with E-state index in [0.717, 1.165) is 22.4 Å². The minimum atomic E-state index is -0.270. The molecule has 1 aliphatic rings. The third kappa shape index (κ3) is 2.24. The summed E-state index contributed by atoms with van der Waals surface area (Å²) in [6.07, 6.45) is 0.437. The molecular formula is C16H14FNO. The zero-order valence-electron chi connectivity index (χ0n) is 10.7. The standard InChI is InChI=1S/C16H14FNO/c1-11-5-6-15-13(7-11)9-16(19)18(15)10-12-3-2-4-14(17)8-12/h2-8H,9-10H2,1H3. The van der Waals surface area contributed by atoms with E-state index in [1.54, 1.807) is 11.0 Å². The maximum Gasteiger partial charge on any atom is 0.231 e. The number of carbonyl (C=O) groups is 1. The van der Waals surface area contributed by atoms with Crippen molar-refractivity contribution in [2.75, 3.05) is 4.90 Å². The van der Waals surface area contributed by atoms with Gasteiger partial charge in [-0.2, -0.15) is 0 Å². The van der Waals surface area contributed by atoms with Crippen molar-refractivity contribution in [1.82, 2.24) is 0 Å². The molecular weight excluding hydrogens is 241 g/mol. The average Bonchev–Trinajstić information content (AvgIpc) is 2.65. The van der Waals surface area contributed by atoms with Crippen LogP contribution in [0.15, 0.2) is 42.5 Å². The maximum atomic E-state index is 13.2. The van der Waals surface area contributed by atoms with E-state index in [1.807, 2.05) is 31.2 Å². The molecule has 0 spiro atoms. The van der Waals surface area contributed by atoms with Crippen LogP contribution in [-0.4, -0.2) is 5.91 Å². The molecule has 0 saturated heterocycles. The third-order valence-corrected chi connectivity index (χ3v) is 3.40. The Balaban J connectivity index is 1.92. The summed E-state index contributed by atoms with van der Waals surface area (Å²) in [6.45, 7) is 2.44. The zero-order chi connectivity index (χ0) is 13.4. The summed E-state index contributed by atoms with van der Waals surface area (Å²) >= 11 is 0. The number of fused-ring (bicyclic) bond motifs is 1. The number of hydrogen-bond donors (Lipinski definition) is 0. The van der Waals surface area contributed by atoms with Crippen LogP contribution in [0, 0.1) is 12.7 Å². The predicted octanol–water partition coefficient (Wildman–Crippen LogP) is 3.22. The van der Waals surface area contributed by atoms with Crippen LogP contribution in [0.2, 0.25) is 0 Å². The molecule has 0 atom stereocenters. The Hall–Kier alpha value is -2.16. The molecule has 96 valence electrons. The smallest absolute Gasteiger partial charge is 0.231 e. The van der Waals surface area contributed by atoms with Crippen molar-refractivity contribution in [1.29, 1.82) is 0 Å². The van der Waals surface area contributed by atoms with Gasteiger partial charge in [-0.1, -0.05) is 29.8 Å². The van der Waals surface area contributed by atoms with E-state index in [9.17, 15) is 9.18 Å². The first-order chi connectivity index (χ1) is 9.13. The first kappa shape index (κ1) is 11.9. The lowest BCUT2D eigenvalue weighted by molar-refractivity contribution is -0.117. The van der Waals surface area contributed by atoms with E-state index in [-0.39, 0.29) is 11.7 Å². The molecule has 1 aliphatic heterocycles. The summed E-state index contributed by atoms with van der Waals surface area (Å²) in [6, 6.07) is 12.4. The highest BCUT2D eigenvalue weighted by molar-refractivity contribution is 6.01. The summed E-state index contributed by atoms with van der Waals surface area (Å²) in [7, 11) is 0. The number of anilines is 1. The van der Waals surface area contributed by atoms with E-state index in [4.69, 9.17) is 0 Å². The second-order valence-electron chi connectivity index (χ2n) is 4.92. The normalized spacial score (nSPS) is 13.8. The van der Waals surface area contributed by atoms with Gasteiger partial charge in [0.15, 0.2) is 0 Å². The quantitative estimate of drug-likeness (QED) is 0.806. The second-order valence-corrected chi connectivity index (χ2v) is 4.92. The average molecular weight is 255 g/mol. The summed E-state index contributed by atoms with van der Waals surface area (Å²) in [4.78, 5) is 13.8. The van der Waals surface area contributed by atoms with E-state index in [1.165, 1.54) is 12.1 Å². The first-order valence-electron chi connectivity index (χ1n) is 6.28. The van der Waals surface area contributed by atoms with Gasteiger partial charge in [-0.15, -0.1) is 0 Å². The Morgan fingerprint density at radius 3 is 2.84 bits per heavy atom. The monoisotopic (exact) mass is 255 g/mol. The fourth-order valence-corrected chi connectivity index (χ4v) is 2.50. The molecule has 3 rings (SSSR count). The van der Waals surface area contributed by atoms with Gasteiger partial charge in [0.2, 0.25) is 5.91 Å². The second kappa shape index (κ2) is 4.50. The molecule has 19 heavy (non-hydrogen) atoms. The van der Waals surface area contributed by atoms with E-state index < -0.39 is 0 Å². The minimum Gasteiger partial charge on any atom is -0.307 e. The summed E-state index contributed by atoms with van der Waals surface area (Å²) in [5, 5.41) is 0. The van der Waals surface area contributed by atoms with Crippen LogP contribution in [0.1, 0.15) is 16.7 Å². The van der Waals surface area contributed by atoms with Crippen molar-refractivity contribution in [3.63, 3.8) is 0 Å². The van der Waals surface area contributed by atoms with E-state index in [2.05, 4.69) is 0 Å². The Kier molecular flexibility index (Phi) is 2.82. The molecule has 2 nitrogen and oxygen atoms in total. The molecule has 2 aromatic rings. The van der Waals surface area contributed by atoms with Crippen molar-refractivity contribution >= 4 is 11.6 Å². The SMILES string of the molecule is Cc1ccc2c(c1)CC(=O)N2Cc1cccc(F)c1. The number of carbonyl (C=O) groups excluding carboxylic acids is 1. The molecule has 2 aromatic carbocycles. The highest BCUT2D eigenvalue weighted by atomic mass is 19.1. The Morgan fingerprint density at radius 2 is 2.05 bits per heavy atom. The van der Waals surface area contributed by atoms with Crippen molar-refractivity contribution in [3.05, 3.63) is 65.0 Å². The van der Waals surface area contributed by atoms with Gasteiger partial charge >= 0.3 is 0 Å². The van der Waals surface area contributed by atoms with Crippen LogP contribution in [0.5, 0.6) is 0 Å². The molecule has 1 heterocycles. The summed E-state index contributed by atoms with van der Waals surface area (Å²) in [5.74, 6) is -0.196. The van der Waals surface area contributed by atoms with Crippen molar-refractivity contribution in [2.45, 2.75) is 19.9 Å². The van der Waals surface area contributed by atoms with Gasteiger partial charge in [0, 0.05) is 5.69 Å². The van der Waals surface area contributed by atoms with Gasteiger partial charge in [-0.3, -0.25) is 4.79 Å². The number of halogens is 1. The molecule has 0 fully saturated rings. The number of aryl methyl sites for hydroxylation is 1. The topological polar surface area (TPSA) is 20.3 Å². The van der Waals surface area contributed by atoms with Crippen LogP contribution in [0.25, 0.3) is 0 Å². The molecule has 1 amide bonds. The molecule has 0 aromatic heterocycles. The van der Waals surface area contributed by atoms with Crippen LogP contribution in [-0.2, 0) is 17.8 Å². The fraction of sp³-hybridized carbons (Fsp3) is 0.188. The van der Waals surface area contributed by atoms with Crippen LogP contribution >= 0.6 is 0 Å². The van der Waals surface area contributed by atoms with Gasteiger partial charge in [-0.05, 0) is 36.2 Å². The minimum absolute atomic E-state index is 0.0739. The molecule has 0 radical (unpaired) electrons. The largest absolute Gasteiger partial charge is 0.307 e. The fourth-order valence-electron chi connectivity index (χ4n) is 2.50. The molecule has 0 N–H and O–H groups in total. The summed E-state index contributed by atoms with van der Waals surface area (Å²) < 4.78 is 13.2. The molecule has 3 heteroatoms. The number of amides is 1. The predicted molar refractivity (Wildman–Crippen MR) is 72.5 cm³/mol. The van der Waals surface area contributed by atoms with Crippen molar-refractivity contribution < 1.29 is 9.18 Å². The number of rotatable bonds is 2.